The summed E-state index contributed by atoms with van der Waals surface area (Å²) in [6.45, 7) is 3.33. The van der Waals surface area contributed by atoms with Gasteiger partial charge in [-0.3, -0.25) is 0 Å². The van der Waals surface area contributed by atoms with E-state index in [1.165, 1.54) is 0 Å². The maximum absolute atomic E-state index is 12.0. The molecule has 1 unspecified atom stereocenters. The van der Waals surface area contributed by atoms with E-state index in [0.717, 1.165) is 0 Å². The van der Waals surface area contributed by atoms with Crippen molar-refractivity contribution >= 4 is 27.1 Å². The summed E-state index contributed by atoms with van der Waals surface area (Å²) in [7, 11) is -3.30. The monoisotopic (exact) mass is 289 g/mol. The second kappa shape index (κ2) is 6.20. The molecule has 0 heterocycles. The van der Waals surface area contributed by atoms with Crippen LogP contribution in [-0.2, 0) is 9.84 Å². The van der Waals surface area contributed by atoms with Crippen molar-refractivity contribution in [1.82, 2.24) is 0 Å². The first kappa shape index (κ1) is 15.0. The van der Waals surface area contributed by atoms with Crippen LogP contribution >= 0.6 is 11.6 Å². The minimum atomic E-state index is -3.30. The summed E-state index contributed by atoms with van der Waals surface area (Å²) in [4.78, 5) is 0. The fourth-order valence-electron chi connectivity index (χ4n) is 1.75. The molecule has 0 saturated carbocycles. The smallest absolute Gasteiger partial charge is 0.158 e. The van der Waals surface area contributed by atoms with E-state index >= 15 is 0 Å². The summed E-state index contributed by atoms with van der Waals surface area (Å²) >= 11 is 5.77. The lowest BCUT2D eigenvalue weighted by molar-refractivity contribution is 0.318. The van der Waals surface area contributed by atoms with Crippen LogP contribution in [0, 0.1) is 0 Å². The largest absolute Gasteiger partial charge is 0.411 e. The number of hydrogen-bond donors (Lipinski definition) is 1. The third-order valence-electron chi connectivity index (χ3n) is 2.76. The highest BCUT2D eigenvalue weighted by Gasteiger charge is 2.28. The van der Waals surface area contributed by atoms with Gasteiger partial charge in [0.15, 0.2) is 9.84 Å². The molecule has 0 aliphatic carbocycles. The summed E-state index contributed by atoms with van der Waals surface area (Å²) in [6.07, 6.45) is 0.359. The molecule has 1 aromatic carbocycles. The van der Waals surface area contributed by atoms with E-state index in [-0.39, 0.29) is 11.5 Å². The molecule has 0 bridgehead atoms. The second-order valence-electron chi connectivity index (χ2n) is 3.84. The van der Waals surface area contributed by atoms with Gasteiger partial charge in [-0.2, -0.15) is 0 Å². The van der Waals surface area contributed by atoms with Gasteiger partial charge in [-0.05, 0) is 18.6 Å². The molecule has 18 heavy (non-hydrogen) atoms. The van der Waals surface area contributed by atoms with E-state index in [1.807, 2.05) is 0 Å². The number of halogens is 1. The summed E-state index contributed by atoms with van der Waals surface area (Å²) in [5.74, 6) is 0.0120. The Kier molecular flexibility index (Phi) is 5.16. The van der Waals surface area contributed by atoms with Crippen LogP contribution in [0.2, 0.25) is 5.02 Å². The maximum Gasteiger partial charge on any atom is 0.158 e. The molecule has 0 aliphatic rings. The molecular formula is C12H16ClNO3S. The minimum Gasteiger partial charge on any atom is -0.411 e. The van der Waals surface area contributed by atoms with Crippen LogP contribution in [0.1, 0.15) is 25.8 Å². The summed E-state index contributed by atoms with van der Waals surface area (Å²) < 4.78 is 23.9. The van der Waals surface area contributed by atoms with Crippen molar-refractivity contribution < 1.29 is 13.6 Å². The third kappa shape index (κ3) is 3.23. The lowest BCUT2D eigenvalue weighted by atomic mass is 10.1. The van der Waals surface area contributed by atoms with Crippen molar-refractivity contribution in [2.45, 2.75) is 25.5 Å². The molecule has 0 aromatic heterocycles. The molecular weight excluding hydrogens is 274 g/mol. The van der Waals surface area contributed by atoms with E-state index < -0.39 is 15.1 Å². The van der Waals surface area contributed by atoms with E-state index in [4.69, 9.17) is 16.8 Å². The standard InChI is InChI=1S/C12H16ClNO3S/c1-3-11(18(16,17)4-2)12(14-15)9-5-7-10(13)8-6-9/h5-8,11,15H,3-4H2,1-2H3. The van der Waals surface area contributed by atoms with Gasteiger partial charge in [0, 0.05) is 16.3 Å². The fraction of sp³-hybridized carbons (Fsp3) is 0.417. The normalized spacial score (nSPS) is 14.5. The van der Waals surface area contributed by atoms with Crippen molar-refractivity contribution in [2.75, 3.05) is 5.75 Å². The van der Waals surface area contributed by atoms with Crippen molar-refractivity contribution in [3.63, 3.8) is 0 Å². The molecule has 6 heteroatoms. The highest BCUT2D eigenvalue weighted by Crippen LogP contribution is 2.17. The van der Waals surface area contributed by atoms with Gasteiger partial charge in [0.2, 0.25) is 0 Å². The number of oxime groups is 1. The number of nitrogens with zero attached hydrogens (tertiary/aromatic N) is 1. The fourth-order valence-corrected chi connectivity index (χ4v) is 3.31. The van der Waals surface area contributed by atoms with Crippen molar-refractivity contribution in [1.29, 1.82) is 0 Å². The van der Waals surface area contributed by atoms with Crippen LogP contribution in [0.5, 0.6) is 0 Å². The minimum absolute atomic E-state index is 0.0120. The average Bonchev–Trinajstić information content (AvgIpc) is 2.36. The molecule has 100 valence electrons. The topological polar surface area (TPSA) is 66.7 Å². The molecule has 1 atom stereocenters. The average molecular weight is 290 g/mol. The Morgan fingerprint density at radius 3 is 2.28 bits per heavy atom. The first-order valence-corrected chi connectivity index (χ1v) is 7.75. The van der Waals surface area contributed by atoms with Crippen LogP contribution in [0.3, 0.4) is 0 Å². The van der Waals surface area contributed by atoms with Gasteiger partial charge in [0.1, 0.15) is 11.0 Å². The Balaban J connectivity index is 3.21. The Morgan fingerprint density at radius 2 is 1.89 bits per heavy atom. The number of sulfone groups is 1. The lowest BCUT2D eigenvalue weighted by Crippen LogP contribution is -2.31. The predicted octanol–water partition coefficient (Wildman–Crippen LogP) is 2.73. The summed E-state index contributed by atoms with van der Waals surface area (Å²) in [5.41, 5.74) is 0.724. The lowest BCUT2D eigenvalue weighted by Gasteiger charge is -2.16. The SMILES string of the molecule is CCC(C(=NO)c1ccc(Cl)cc1)S(=O)(=O)CC. The highest BCUT2D eigenvalue weighted by molar-refractivity contribution is 7.92. The number of benzene rings is 1. The number of rotatable bonds is 5. The van der Waals surface area contributed by atoms with E-state index in [2.05, 4.69) is 5.16 Å². The van der Waals surface area contributed by atoms with Crippen LogP contribution in [-0.4, -0.2) is 30.3 Å². The second-order valence-corrected chi connectivity index (χ2v) is 6.75. The molecule has 0 saturated heterocycles. The van der Waals surface area contributed by atoms with Crippen molar-refractivity contribution in [3.05, 3.63) is 34.9 Å². The molecule has 0 spiro atoms. The zero-order valence-corrected chi connectivity index (χ0v) is 11.9. The molecule has 0 radical (unpaired) electrons. The van der Waals surface area contributed by atoms with Gasteiger partial charge in [-0.25, -0.2) is 8.42 Å². The Hall–Kier alpha value is -1.07. The predicted molar refractivity (Wildman–Crippen MR) is 73.3 cm³/mol. The number of hydrogen-bond acceptors (Lipinski definition) is 4. The van der Waals surface area contributed by atoms with Crippen molar-refractivity contribution in [3.8, 4) is 0 Å². The van der Waals surface area contributed by atoms with E-state index in [1.54, 1.807) is 38.1 Å². The quantitative estimate of drug-likeness (QED) is 0.515. The summed E-state index contributed by atoms with van der Waals surface area (Å²) in [6, 6.07) is 6.55. The third-order valence-corrected chi connectivity index (χ3v) is 5.24. The van der Waals surface area contributed by atoms with Gasteiger partial charge in [0.05, 0.1) is 0 Å². The van der Waals surface area contributed by atoms with Crippen LogP contribution < -0.4 is 0 Å². The van der Waals surface area contributed by atoms with Gasteiger partial charge >= 0.3 is 0 Å². The molecule has 1 N–H and O–H groups in total. The van der Waals surface area contributed by atoms with Crippen molar-refractivity contribution in [2.24, 2.45) is 5.16 Å². The molecule has 1 rings (SSSR count). The molecule has 1 aromatic rings. The first-order chi connectivity index (χ1) is 8.46. The molecule has 0 amide bonds. The van der Waals surface area contributed by atoms with E-state index in [0.29, 0.717) is 17.0 Å². The molecule has 0 aliphatic heterocycles. The van der Waals surface area contributed by atoms with E-state index in [9.17, 15) is 8.42 Å². The summed E-state index contributed by atoms with van der Waals surface area (Å²) in [5, 5.41) is 12.0. The van der Waals surface area contributed by atoms with Crippen LogP contribution in [0.25, 0.3) is 0 Å². The van der Waals surface area contributed by atoms with Crippen LogP contribution in [0.4, 0.5) is 0 Å². The molecule has 4 nitrogen and oxygen atoms in total. The van der Waals surface area contributed by atoms with Gasteiger partial charge < -0.3 is 5.21 Å². The zero-order chi connectivity index (χ0) is 13.8. The highest BCUT2D eigenvalue weighted by atomic mass is 35.5. The zero-order valence-electron chi connectivity index (χ0n) is 10.3. The van der Waals surface area contributed by atoms with Crippen LogP contribution in [0.15, 0.2) is 29.4 Å². The van der Waals surface area contributed by atoms with Gasteiger partial charge in [0.25, 0.3) is 0 Å². The van der Waals surface area contributed by atoms with Gasteiger partial charge in [-0.1, -0.05) is 42.7 Å². The Labute approximate surface area is 112 Å². The maximum atomic E-state index is 12.0. The van der Waals surface area contributed by atoms with Gasteiger partial charge in [-0.15, -0.1) is 0 Å². The first-order valence-electron chi connectivity index (χ1n) is 5.65. The molecule has 0 fully saturated rings. The Morgan fingerprint density at radius 1 is 1.33 bits per heavy atom. The Bertz CT molecular complexity index is 523.